The number of carbonyl (C=O) groups excluding carboxylic acids is 1. The first kappa shape index (κ1) is 10.4. The topological polar surface area (TPSA) is 59.2 Å². The minimum atomic E-state index is -0.414. The number of benzene rings is 1. The van der Waals surface area contributed by atoms with Gasteiger partial charge in [0.25, 0.3) is 5.56 Å². The van der Waals surface area contributed by atoms with Gasteiger partial charge in [-0.2, -0.15) is 0 Å². The van der Waals surface area contributed by atoms with E-state index in [0.717, 1.165) is 5.39 Å². The number of nitrogens with one attached hydrogen (secondary N) is 1. The lowest BCUT2D eigenvalue weighted by molar-refractivity contribution is 0.101. The van der Waals surface area contributed by atoms with Gasteiger partial charge in [-0.3, -0.25) is 9.59 Å². The van der Waals surface area contributed by atoms with Gasteiger partial charge in [-0.05, 0) is 19.1 Å². The fraction of sp³-hybridized carbons (Fsp3) is 0.167. The highest BCUT2D eigenvalue weighted by Crippen LogP contribution is 2.25. The van der Waals surface area contributed by atoms with E-state index in [2.05, 4.69) is 4.98 Å². The van der Waals surface area contributed by atoms with E-state index in [-0.39, 0.29) is 11.3 Å². The van der Waals surface area contributed by atoms with Gasteiger partial charge in [0, 0.05) is 5.39 Å². The van der Waals surface area contributed by atoms with Crippen molar-refractivity contribution in [2.45, 2.75) is 6.92 Å². The maximum atomic E-state index is 11.7. The monoisotopic (exact) mass is 217 g/mol. The molecule has 2 aromatic rings. The number of para-hydroxylation sites is 1. The molecule has 0 saturated heterocycles. The van der Waals surface area contributed by atoms with Crippen LogP contribution in [0.5, 0.6) is 5.75 Å². The molecular formula is C12H11NO3. The van der Waals surface area contributed by atoms with Crippen molar-refractivity contribution >= 4 is 16.7 Å². The van der Waals surface area contributed by atoms with Crippen molar-refractivity contribution in [3.8, 4) is 5.75 Å². The number of methoxy groups -OCH3 is 1. The SMILES string of the molecule is COc1c(C(C)=O)c(=O)[nH]c2ccccc12. The zero-order valence-corrected chi connectivity index (χ0v) is 9.03. The van der Waals surface area contributed by atoms with Gasteiger partial charge >= 0.3 is 0 Å². The summed E-state index contributed by atoms with van der Waals surface area (Å²) in [4.78, 5) is 25.7. The first-order valence-corrected chi connectivity index (χ1v) is 4.85. The van der Waals surface area contributed by atoms with E-state index in [4.69, 9.17) is 4.74 Å². The zero-order chi connectivity index (χ0) is 11.7. The number of hydrogen-bond acceptors (Lipinski definition) is 3. The molecule has 0 spiro atoms. The van der Waals surface area contributed by atoms with Crippen LogP contribution in [0.1, 0.15) is 17.3 Å². The third kappa shape index (κ3) is 1.48. The quantitative estimate of drug-likeness (QED) is 0.779. The van der Waals surface area contributed by atoms with Gasteiger partial charge < -0.3 is 9.72 Å². The van der Waals surface area contributed by atoms with Crippen LogP contribution in [0.3, 0.4) is 0 Å². The van der Waals surface area contributed by atoms with E-state index in [1.54, 1.807) is 12.1 Å². The van der Waals surface area contributed by atoms with E-state index in [0.29, 0.717) is 11.3 Å². The number of rotatable bonds is 2. The molecule has 2 rings (SSSR count). The van der Waals surface area contributed by atoms with Gasteiger partial charge in [0.15, 0.2) is 5.78 Å². The third-order valence-electron chi connectivity index (χ3n) is 2.43. The Kier molecular flexibility index (Phi) is 2.48. The van der Waals surface area contributed by atoms with Gasteiger partial charge in [-0.1, -0.05) is 12.1 Å². The highest BCUT2D eigenvalue weighted by atomic mass is 16.5. The lowest BCUT2D eigenvalue weighted by Crippen LogP contribution is -2.17. The van der Waals surface area contributed by atoms with Gasteiger partial charge in [0.2, 0.25) is 0 Å². The van der Waals surface area contributed by atoms with Crippen LogP contribution in [0.25, 0.3) is 10.9 Å². The second-order valence-corrected chi connectivity index (χ2v) is 3.46. The second-order valence-electron chi connectivity index (χ2n) is 3.46. The number of ketones is 1. The van der Waals surface area contributed by atoms with E-state index < -0.39 is 5.56 Å². The number of ether oxygens (including phenoxy) is 1. The molecule has 0 unspecified atom stereocenters. The molecule has 82 valence electrons. The molecule has 0 atom stereocenters. The van der Waals surface area contributed by atoms with Crippen molar-refractivity contribution in [1.82, 2.24) is 4.98 Å². The first-order chi connectivity index (χ1) is 7.65. The first-order valence-electron chi connectivity index (χ1n) is 4.85. The number of hydrogen-bond donors (Lipinski definition) is 1. The van der Waals surface area contributed by atoms with Crippen LogP contribution >= 0.6 is 0 Å². The van der Waals surface area contributed by atoms with E-state index in [1.165, 1.54) is 14.0 Å². The number of H-pyrrole nitrogens is 1. The Bertz CT molecular complexity index is 613. The standard InChI is InChI=1S/C12H11NO3/c1-7(14)10-11(16-2)8-5-3-4-6-9(8)13-12(10)15/h3-6H,1-2H3,(H,13,15). The summed E-state index contributed by atoms with van der Waals surface area (Å²) in [5, 5.41) is 0.731. The lowest BCUT2D eigenvalue weighted by Gasteiger charge is -2.08. The molecule has 0 aliphatic heterocycles. The zero-order valence-electron chi connectivity index (χ0n) is 9.03. The second kappa shape index (κ2) is 3.81. The average molecular weight is 217 g/mol. The maximum Gasteiger partial charge on any atom is 0.263 e. The predicted octanol–water partition coefficient (Wildman–Crippen LogP) is 1.74. The molecule has 1 N–H and O–H groups in total. The van der Waals surface area contributed by atoms with Crippen molar-refractivity contribution in [2.24, 2.45) is 0 Å². The summed E-state index contributed by atoms with van der Waals surface area (Å²) in [6.45, 7) is 1.35. The van der Waals surface area contributed by atoms with Crippen LogP contribution < -0.4 is 10.3 Å². The molecule has 1 aromatic carbocycles. The van der Waals surface area contributed by atoms with Crippen molar-refractivity contribution in [2.75, 3.05) is 7.11 Å². The third-order valence-corrected chi connectivity index (χ3v) is 2.43. The van der Waals surface area contributed by atoms with Crippen LogP contribution in [0, 0.1) is 0 Å². The molecular weight excluding hydrogens is 206 g/mol. The number of fused-ring (bicyclic) bond motifs is 1. The molecule has 0 radical (unpaired) electrons. The Hall–Kier alpha value is -2.10. The predicted molar refractivity (Wildman–Crippen MR) is 61.1 cm³/mol. The van der Waals surface area contributed by atoms with Gasteiger partial charge in [-0.25, -0.2) is 0 Å². The van der Waals surface area contributed by atoms with Crippen LogP contribution in [0.15, 0.2) is 29.1 Å². The van der Waals surface area contributed by atoms with E-state index in [9.17, 15) is 9.59 Å². The van der Waals surface area contributed by atoms with Gasteiger partial charge in [0.1, 0.15) is 11.3 Å². The minimum absolute atomic E-state index is 0.0706. The largest absolute Gasteiger partial charge is 0.495 e. The summed E-state index contributed by atoms with van der Waals surface area (Å²) >= 11 is 0. The number of aromatic nitrogens is 1. The minimum Gasteiger partial charge on any atom is -0.495 e. The van der Waals surface area contributed by atoms with Gasteiger partial charge in [-0.15, -0.1) is 0 Å². The Balaban J connectivity index is 2.96. The molecule has 0 saturated carbocycles. The van der Waals surface area contributed by atoms with Crippen LogP contribution in [0.2, 0.25) is 0 Å². The summed E-state index contributed by atoms with van der Waals surface area (Å²) in [5.74, 6) is 0.0377. The molecule has 16 heavy (non-hydrogen) atoms. The Morgan fingerprint density at radius 1 is 1.31 bits per heavy atom. The lowest BCUT2D eigenvalue weighted by atomic mass is 10.1. The van der Waals surface area contributed by atoms with Crippen molar-refractivity contribution < 1.29 is 9.53 Å². The highest BCUT2D eigenvalue weighted by molar-refractivity contribution is 6.02. The normalized spacial score (nSPS) is 10.4. The fourth-order valence-electron chi connectivity index (χ4n) is 1.74. The smallest absolute Gasteiger partial charge is 0.263 e. The number of aromatic amines is 1. The Labute approximate surface area is 91.9 Å². The molecule has 4 nitrogen and oxygen atoms in total. The number of carbonyl (C=O) groups is 1. The molecule has 0 amide bonds. The molecule has 0 aliphatic carbocycles. The molecule has 0 bridgehead atoms. The summed E-state index contributed by atoms with van der Waals surface area (Å²) in [5.41, 5.74) is 0.318. The molecule has 4 heteroatoms. The summed E-state index contributed by atoms with van der Waals surface area (Å²) in [7, 11) is 1.45. The Morgan fingerprint density at radius 3 is 2.62 bits per heavy atom. The molecule has 0 fully saturated rings. The Morgan fingerprint density at radius 2 is 2.00 bits per heavy atom. The average Bonchev–Trinajstić information content (AvgIpc) is 2.26. The van der Waals surface area contributed by atoms with E-state index >= 15 is 0 Å². The van der Waals surface area contributed by atoms with Crippen molar-refractivity contribution in [3.63, 3.8) is 0 Å². The van der Waals surface area contributed by atoms with Crippen molar-refractivity contribution in [1.29, 1.82) is 0 Å². The van der Waals surface area contributed by atoms with Crippen LogP contribution in [-0.4, -0.2) is 17.9 Å². The molecule has 1 aromatic heterocycles. The van der Waals surface area contributed by atoms with Gasteiger partial charge in [0.05, 0.1) is 12.6 Å². The summed E-state index contributed by atoms with van der Waals surface area (Å²) < 4.78 is 5.16. The van der Waals surface area contributed by atoms with E-state index in [1.807, 2.05) is 12.1 Å². The summed E-state index contributed by atoms with van der Waals surface area (Å²) in [6, 6.07) is 7.21. The summed E-state index contributed by atoms with van der Waals surface area (Å²) in [6.07, 6.45) is 0. The fourth-order valence-corrected chi connectivity index (χ4v) is 1.74. The van der Waals surface area contributed by atoms with Crippen LogP contribution in [-0.2, 0) is 0 Å². The maximum absolute atomic E-state index is 11.7. The molecule has 0 aliphatic rings. The number of pyridine rings is 1. The number of Topliss-reactive ketones (excluding diaryl/α,β-unsaturated/α-hetero) is 1. The van der Waals surface area contributed by atoms with Crippen molar-refractivity contribution in [3.05, 3.63) is 40.2 Å². The molecule has 1 heterocycles. The highest BCUT2D eigenvalue weighted by Gasteiger charge is 2.16. The van der Waals surface area contributed by atoms with Crippen LogP contribution in [0.4, 0.5) is 0 Å².